The number of aliphatic hydroxyl groups excluding tert-OH is 1. The van der Waals surface area contributed by atoms with Crippen molar-refractivity contribution in [3.63, 3.8) is 0 Å². The van der Waals surface area contributed by atoms with Gasteiger partial charge in [0.15, 0.2) is 0 Å². The Morgan fingerprint density at radius 1 is 1.29 bits per heavy atom. The van der Waals surface area contributed by atoms with Crippen LogP contribution in [0.3, 0.4) is 0 Å². The zero-order chi connectivity index (χ0) is 15.1. The Hall–Kier alpha value is -0.720. The first kappa shape index (κ1) is 16.6. The highest BCUT2D eigenvalue weighted by Crippen LogP contribution is 2.20. The number of nitrogens with zero attached hydrogens (tertiary/aromatic N) is 2. The van der Waals surface area contributed by atoms with Gasteiger partial charge in [-0.2, -0.15) is 0 Å². The normalized spacial score (nSPS) is 16.6. The summed E-state index contributed by atoms with van der Waals surface area (Å²) < 4.78 is 19.2. The van der Waals surface area contributed by atoms with E-state index in [9.17, 15) is 9.50 Å². The van der Waals surface area contributed by atoms with Crippen molar-refractivity contribution in [2.24, 2.45) is 0 Å². The van der Waals surface area contributed by atoms with Gasteiger partial charge in [0.25, 0.3) is 0 Å². The first-order valence-electron chi connectivity index (χ1n) is 7.27. The van der Waals surface area contributed by atoms with Gasteiger partial charge in [0.2, 0.25) is 0 Å². The molecule has 4 nitrogen and oxygen atoms in total. The van der Waals surface area contributed by atoms with Gasteiger partial charge in [-0.25, -0.2) is 4.39 Å². The molecule has 0 spiro atoms. The van der Waals surface area contributed by atoms with E-state index in [0.717, 1.165) is 39.4 Å². The summed E-state index contributed by atoms with van der Waals surface area (Å²) in [7, 11) is 0. The number of halogens is 2. The second-order valence-electron chi connectivity index (χ2n) is 5.15. The fraction of sp³-hybridized carbons (Fsp3) is 0.600. The maximum absolute atomic E-state index is 13.8. The Kier molecular flexibility index (Phi) is 6.86. The van der Waals surface area contributed by atoms with Gasteiger partial charge in [-0.3, -0.25) is 9.80 Å². The quantitative estimate of drug-likeness (QED) is 0.829. The number of hydrogen-bond donors (Lipinski definition) is 1. The monoisotopic (exact) mass is 316 g/mol. The van der Waals surface area contributed by atoms with Crippen molar-refractivity contribution in [1.82, 2.24) is 9.80 Å². The molecule has 21 heavy (non-hydrogen) atoms. The molecule has 0 amide bonds. The van der Waals surface area contributed by atoms with Crippen LogP contribution in [-0.2, 0) is 11.3 Å². The summed E-state index contributed by atoms with van der Waals surface area (Å²) in [5.41, 5.74) is 0.495. The van der Waals surface area contributed by atoms with Crippen molar-refractivity contribution in [1.29, 1.82) is 0 Å². The Bertz CT molecular complexity index is 421. The summed E-state index contributed by atoms with van der Waals surface area (Å²) >= 11 is 6.07. The van der Waals surface area contributed by atoms with E-state index >= 15 is 0 Å². The lowest BCUT2D eigenvalue weighted by atomic mass is 10.2. The average molecular weight is 317 g/mol. The van der Waals surface area contributed by atoms with Gasteiger partial charge >= 0.3 is 0 Å². The van der Waals surface area contributed by atoms with Crippen LogP contribution < -0.4 is 0 Å². The first-order chi connectivity index (χ1) is 10.2. The molecule has 1 fully saturated rings. The van der Waals surface area contributed by atoms with Gasteiger partial charge in [-0.1, -0.05) is 17.7 Å². The summed E-state index contributed by atoms with van der Waals surface area (Å²) in [6.45, 7) is 6.00. The summed E-state index contributed by atoms with van der Waals surface area (Å²) in [5.74, 6) is -0.295. The predicted octanol–water partition coefficient (Wildman–Crippen LogP) is 1.61. The summed E-state index contributed by atoms with van der Waals surface area (Å²) in [6.07, 6.45) is 0. The maximum Gasteiger partial charge on any atom is 0.129 e. The van der Waals surface area contributed by atoms with Crippen LogP contribution in [0.5, 0.6) is 0 Å². The lowest BCUT2D eigenvalue weighted by Crippen LogP contribution is -2.42. The minimum absolute atomic E-state index is 0.0508. The molecule has 0 saturated carbocycles. The summed E-state index contributed by atoms with van der Waals surface area (Å²) in [6, 6.07) is 4.71. The third-order valence-electron chi connectivity index (χ3n) is 3.70. The molecule has 0 aliphatic carbocycles. The van der Waals surface area contributed by atoms with E-state index in [0.29, 0.717) is 23.7 Å². The van der Waals surface area contributed by atoms with E-state index in [2.05, 4.69) is 4.90 Å². The Balaban J connectivity index is 1.91. The lowest BCUT2D eigenvalue weighted by Gasteiger charge is -2.30. The van der Waals surface area contributed by atoms with Crippen LogP contribution in [0.25, 0.3) is 0 Å². The molecular formula is C15H22ClFN2O2. The Morgan fingerprint density at radius 3 is 2.71 bits per heavy atom. The lowest BCUT2D eigenvalue weighted by molar-refractivity contribution is 0.0319. The van der Waals surface area contributed by atoms with Gasteiger partial charge in [0, 0.05) is 49.9 Å². The number of aliphatic hydroxyl groups is 1. The van der Waals surface area contributed by atoms with E-state index in [1.165, 1.54) is 6.07 Å². The second-order valence-corrected chi connectivity index (χ2v) is 5.56. The van der Waals surface area contributed by atoms with Crippen LogP contribution in [0.1, 0.15) is 5.56 Å². The molecule has 2 rings (SSSR count). The molecule has 0 atom stereocenters. The predicted molar refractivity (Wildman–Crippen MR) is 81.0 cm³/mol. The van der Waals surface area contributed by atoms with Gasteiger partial charge in [-0.05, 0) is 12.1 Å². The number of benzene rings is 1. The molecule has 1 saturated heterocycles. The molecular weight excluding hydrogens is 295 g/mol. The standard InChI is InChI=1S/C15H22ClFN2O2/c16-14-2-1-3-15(17)13(14)12-19(6-9-20)5-4-18-7-10-21-11-8-18/h1-3,20H,4-12H2. The van der Waals surface area contributed by atoms with Crippen molar-refractivity contribution in [2.75, 3.05) is 52.5 Å². The summed E-state index contributed by atoms with van der Waals surface area (Å²) in [4.78, 5) is 4.34. The molecule has 1 aliphatic rings. The topological polar surface area (TPSA) is 35.9 Å². The van der Waals surface area contributed by atoms with E-state index in [1.54, 1.807) is 12.1 Å². The molecule has 1 aliphatic heterocycles. The molecule has 6 heteroatoms. The fourth-order valence-electron chi connectivity index (χ4n) is 2.43. The van der Waals surface area contributed by atoms with Crippen molar-refractivity contribution >= 4 is 11.6 Å². The van der Waals surface area contributed by atoms with Crippen LogP contribution in [0.4, 0.5) is 4.39 Å². The maximum atomic E-state index is 13.8. The highest BCUT2D eigenvalue weighted by molar-refractivity contribution is 6.31. The van der Waals surface area contributed by atoms with Crippen LogP contribution >= 0.6 is 11.6 Å². The zero-order valence-corrected chi connectivity index (χ0v) is 12.9. The van der Waals surface area contributed by atoms with Crippen LogP contribution in [0.2, 0.25) is 5.02 Å². The van der Waals surface area contributed by atoms with Crippen LogP contribution in [0.15, 0.2) is 18.2 Å². The number of ether oxygens (including phenoxy) is 1. The molecule has 1 N–H and O–H groups in total. The summed E-state index contributed by atoms with van der Waals surface area (Å²) in [5, 5.41) is 9.62. The largest absolute Gasteiger partial charge is 0.395 e. The number of rotatable bonds is 7. The Labute approximate surface area is 130 Å². The van der Waals surface area contributed by atoms with Gasteiger partial charge < -0.3 is 9.84 Å². The molecule has 1 aromatic carbocycles. The zero-order valence-electron chi connectivity index (χ0n) is 12.1. The van der Waals surface area contributed by atoms with Crippen LogP contribution in [-0.4, -0.2) is 67.5 Å². The van der Waals surface area contributed by atoms with Crippen molar-refractivity contribution in [3.8, 4) is 0 Å². The molecule has 0 radical (unpaired) electrons. The van der Waals surface area contributed by atoms with E-state index in [4.69, 9.17) is 16.3 Å². The second kappa shape index (κ2) is 8.66. The number of hydrogen-bond acceptors (Lipinski definition) is 4. The van der Waals surface area contributed by atoms with E-state index in [-0.39, 0.29) is 12.4 Å². The van der Waals surface area contributed by atoms with Gasteiger partial charge in [-0.15, -0.1) is 0 Å². The number of morpholine rings is 1. The molecule has 0 bridgehead atoms. The van der Waals surface area contributed by atoms with E-state index in [1.807, 2.05) is 4.90 Å². The van der Waals surface area contributed by atoms with Crippen molar-refractivity contribution in [2.45, 2.75) is 6.54 Å². The molecule has 0 aromatic heterocycles. The average Bonchev–Trinajstić information content (AvgIpc) is 2.49. The molecule has 118 valence electrons. The van der Waals surface area contributed by atoms with Gasteiger partial charge in [0.05, 0.1) is 19.8 Å². The highest BCUT2D eigenvalue weighted by Gasteiger charge is 2.15. The van der Waals surface area contributed by atoms with Crippen molar-refractivity contribution < 1.29 is 14.2 Å². The smallest absolute Gasteiger partial charge is 0.129 e. The third-order valence-corrected chi connectivity index (χ3v) is 4.05. The SMILES string of the molecule is OCCN(CCN1CCOCC1)Cc1c(F)cccc1Cl. The minimum Gasteiger partial charge on any atom is -0.395 e. The molecule has 1 aromatic rings. The van der Waals surface area contributed by atoms with Gasteiger partial charge in [0.1, 0.15) is 5.82 Å². The first-order valence-corrected chi connectivity index (χ1v) is 7.64. The molecule has 1 heterocycles. The minimum atomic E-state index is -0.295. The van der Waals surface area contributed by atoms with Crippen LogP contribution in [0, 0.1) is 5.82 Å². The van der Waals surface area contributed by atoms with Crippen molar-refractivity contribution in [3.05, 3.63) is 34.6 Å². The highest BCUT2D eigenvalue weighted by atomic mass is 35.5. The molecule has 0 unspecified atom stereocenters. The third kappa shape index (κ3) is 5.20. The van der Waals surface area contributed by atoms with E-state index < -0.39 is 0 Å². The fourth-order valence-corrected chi connectivity index (χ4v) is 2.65. The Morgan fingerprint density at radius 2 is 2.05 bits per heavy atom.